The molecule has 2 aromatic carbocycles. The summed E-state index contributed by atoms with van der Waals surface area (Å²) in [4.78, 5) is 38.8. The highest BCUT2D eigenvalue weighted by Gasteiger charge is 2.33. The van der Waals surface area contributed by atoms with Gasteiger partial charge in [-0.15, -0.1) is 0 Å². The van der Waals surface area contributed by atoms with Crippen LogP contribution in [0.15, 0.2) is 36.4 Å². The molecule has 3 rings (SSSR count). The summed E-state index contributed by atoms with van der Waals surface area (Å²) in [5, 5.41) is 20.7. The summed E-state index contributed by atoms with van der Waals surface area (Å²) in [6.07, 6.45) is 0. The molecule has 9 nitrogen and oxygen atoms in total. The molecule has 10 heteroatoms. The van der Waals surface area contributed by atoms with E-state index in [0.29, 0.717) is 25.2 Å². The molecule has 1 aliphatic rings. The Kier molecular flexibility index (Phi) is 7.27. The van der Waals surface area contributed by atoms with Gasteiger partial charge in [0.05, 0.1) is 4.92 Å². The number of nitro groups is 1. The molecule has 1 amide bonds. The molecule has 0 bridgehead atoms. The van der Waals surface area contributed by atoms with Crippen LogP contribution in [0.3, 0.4) is 0 Å². The van der Waals surface area contributed by atoms with Crippen molar-refractivity contribution in [2.45, 2.75) is 39.4 Å². The number of rotatable bonds is 7. The number of carboxylic acid groups (broad SMARTS) is 1. The first kappa shape index (κ1) is 24.1. The van der Waals surface area contributed by atoms with E-state index in [1.807, 2.05) is 13.8 Å². The average molecular weight is 459 g/mol. The number of ether oxygens (including phenoxy) is 1. The van der Waals surface area contributed by atoms with Gasteiger partial charge in [0.2, 0.25) is 5.75 Å². The molecular formula is C23H26FN3O6. The maximum atomic E-state index is 13.2. The van der Waals surface area contributed by atoms with Gasteiger partial charge in [0, 0.05) is 31.7 Å². The van der Waals surface area contributed by atoms with Crippen LogP contribution in [-0.2, 0) is 11.3 Å². The van der Waals surface area contributed by atoms with E-state index in [-0.39, 0.29) is 29.6 Å². The minimum absolute atomic E-state index is 0.0293. The predicted molar refractivity (Wildman–Crippen MR) is 118 cm³/mol. The number of hydrogen-bond acceptors (Lipinski definition) is 6. The lowest BCUT2D eigenvalue weighted by atomic mass is 10.1. The van der Waals surface area contributed by atoms with Gasteiger partial charge in [0.1, 0.15) is 11.4 Å². The lowest BCUT2D eigenvalue weighted by Gasteiger charge is -2.44. The second-order valence-electron chi connectivity index (χ2n) is 8.26. The molecule has 1 fully saturated rings. The van der Waals surface area contributed by atoms with Gasteiger partial charge in [-0.25, -0.2) is 9.18 Å². The molecule has 1 aliphatic heterocycles. The number of amides is 1. The van der Waals surface area contributed by atoms with Crippen molar-refractivity contribution in [1.82, 2.24) is 9.80 Å². The third-order valence-electron chi connectivity index (χ3n) is 5.82. The van der Waals surface area contributed by atoms with Gasteiger partial charge in [-0.2, -0.15) is 0 Å². The van der Waals surface area contributed by atoms with Crippen molar-refractivity contribution in [2.24, 2.45) is 0 Å². The fourth-order valence-electron chi connectivity index (χ4n) is 4.02. The number of nitro benzene ring substituents is 1. The van der Waals surface area contributed by atoms with Crippen LogP contribution in [0.5, 0.6) is 5.75 Å². The first-order chi connectivity index (χ1) is 15.6. The van der Waals surface area contributed by atoms with Crippen molar-refractivity contribution in [1.29, 1.82) is 0 Å². The number of carbonyl (C=O) groups is 2. The van der Waals surface area contributed by atoms with E-state index in [4.69, 9.17) is 4.74 Å². The molecular weight excluding hydrogens is 433 g/mol. The van der Waals surface area contributed by atoms with Crippen LogP contribution < -0.4 is 4.74 Å². The van der Waals surface area contributed by atoms with Crippen LogP contribution in [0.2, 0.25) is 0 Å². The lowest BCUT2D eigenvalue weighted by Crippen LogP contribution is -2.58. The van der Waals surface area contributed by atoms with Crippen LogP contribution in [-0.4, -0.2) is 63.5 Å². The Bertz CT molecular complexity index is 1060. The number of halogens is 1. The zero-order valence-corrected chi connectivity index (χ0v) is 18.7. The van der Waals surface area contributed by atoms with Gasteiger partial charge in [-0.1, -0.05) is 18.2 Å². The van der Waals surface area contributed by atoms with Gasteiger partial charge < -0.3 is 14.7 Å². The highest BCUT2D eigenvalue weighted by atomic mass is 19.1. The van der Waals surface area contributed by atoms with Crippen molar-refractivity contribution in [3.8, 4) is 5.75 Å². The molecule has 0 spiro atoms. The molecule has 1 heterocycles. The van der Waals surface area contributed by atoms with Crippen molar-refractivity contribution in [3.63, 3.8) is 0 Å². The molecule has 0 unspecified atom stereocenters. The summed E-state index contributed by atoms with van der Waals surface area (Å²) in [7, 11) is 0. The monoisotopic (exact) mass is 459 g/mol. The fourth-order valence-corrected chi connectivity index (χ4v) is 4.02. The number of carboxylic acids is 1. The van der Waals surface area contributed by atoms with Crippen molar-refractivity contribution in [2.75, 3.05) is 19.7 Å². The van der Waals surface area contributed by atoms with Gasteiger partial charge >= 0.3 is 11.7 Å². The van der Waals surface area contributed by atoms with Gasteiger partial charge in [-0.3, -0.25) is 19.8 Å². The number of aromatic carboxylic acids is 1. The number of hydrogen-bond donors (Lipinski definition) is 1. The first-order valence-electron chi connectivity index (χ1n) is 10.5. The summed E-state index contributed by atoms with van der Waals surface area (Å²) < 4.78 is 18.7. The van der Waals surface area contributed by atoms with Gasteiger partial charge in [0.25, 0.3) is 5.91 Å². The van der Waals surface area contributed by atoms with Crippen molar-refractivity contribution >= 4 is 17.6 Å². The zero-order valence-electron chi connectivity index (χ0n) is 18.7. The molecule has 176 valence electrons. The largest absolute Gasteiger partial charge is 0.477 e. The summed E-state index contributed by atoms with van der Waals surface area (Å²) in [6.45, 7) is 6.65. The van der Waals surface area contributed by atoms with Gasteiger partial charge in [-0.05, 0) is 50.1 Å². The molecule has 0 saturated carbocycles. The number of benzene rings is 2. The highest BCUT2D eigenvalue weighted by Crippen LogP contribution is 2.34. The molecule has 0 radical (unpaired) electrons. The summed E-state index contributed by atoms with van der Waals surface area (Å²) in [5.74, 6) is -2.30. The maximum absolute atomic E-state index is 13.2. The topological polar surface area (TPSA) is 113 Å². The maximum Gasteiger partial charge on any atom is 0.342 e. The molecule has 1 saturated heterocycles. The number of nitrogens with zero attached hydrogens (tertiary/aromatic N) is 3. The van der Waals surface area contributed by atoms with Crippen LogP contribution in [0, 0.1) is 22.9 Å². The van der Waals surface area contributed by atoms with E-state index < -0.39 is 28.8 Å². The average Bonchev–Trinajstić information content (AvgIpc) is 2.75. The Balaban J connectivity index is 1.68. The predicted octanol–water partition coefficient (Wildman–Crippen LogP) is 3.24. The van der Waals surface area contributed by atoms with E-state index >= 15 is 0 Å². The SMILES string of the molecule is Cc1ccc(C(=O)O)c([N+](=O)[O-])c1OCC(=O)N1C[C@H](C)N(Cc2ccc(F)cc2)C[C@H]1C. The number of aryl methyl sites for hydroxylation is 1. The first-order valence-corrected chi connectivity index (χ1v) is 10.5. The fraction of sp³-hybridized carbons (Fsp3) is 0.391. The summed E-state index contributed by atoms with van der Waals surface area (Å²) >= 11 is 0. The minimum atomic E-state index is -1.45. The Labute approximate surface area is 190 Å². The third kappa shape index (κ3) is 5.46. The van der Waals surface area contributed by atoms with Crippen LogP contribution in [0.25, 0.3) is 0 Å². The lowest BCUT2D eigenvalue weighted by molar-refractivity contribution is -0.386. The smallest absolute Gasteiger partial charge is 0.342 e. The second-order valence-corrected chi connectivity index (χ2v) is 8.26. The quantitative estimate of drug-likeness (QED) is 0.499. The Morgan fingerprint density at radius 3 is 2.42 bits per heavy atom. The van der Waals surface area contributed by atoms with Crippen molar-refractivity contribution in [3.05, 3.63) is 69.0 Å². The van der Waals surface area contributed by atoms with Crippen LogP contribution >= 0.6 is 0 Å². The molecule has 0 aromatic heterocycles. The Morgan fingerprint density at radius 2 is 1.82 bits per heavy atom. The normalized spacial score (nSPS) is 18.7. The molecule has 1 N–H and O–H groups in total. The minimum Gasteiger partial charge on any atom is -0.477 e. The van der Waals surface area contributed by atoms with E-state index in [2.05, 4.69) is 4.90 Å². The van der Waals surface area contributed by atoms with Crippen molar-refractivity contribution < 1.29 is 28.7 Å². The summed E-state index contributed by atoms with van der Waals surface area (Å²) in [6, 6.07) is 8.75. The second kappa shape index (κ2) is 9.95. The molecule has 33 heavy (non-hydrogen) atoms. The number of piperazine rings is 1. The number of carbonyl (C=O) groups excluding carboxylic acids is 1. The summed E-state index contributed by atoms with van der Waals surface area (Å²) in [5.41, 5.74) is 0.176. The third-order valence-corrected chi connectivity index (χ3v) is 5.82. The molecule has 0 aliphatic carbocycles. The molecule has 2 aromatic rings. The van der Waals surface area contributed by atoms with Gasteiger partial charge in [0.15, 0.2) is 6.61 Å². The van der Waals surface area contributed by atoms with E-state index in [0.717, 1.165) is 11.6 Å². The molecule has 2 atom stereocenters. The van der Waals surface area contributed by atoms with Crippen LogP contribution in [0.4, 0.5) is 10.1 Å². The highest BCUT2D eigenvalue weighted by molar-refractivity contribution is 5.94. The van der Waals surface area contributed by atoms with E-state index in [1.165, 1.54) is 18.2 Å². The zero-order chi connectivity index (χ0) is 24.3. The Hall–Kier alpha value is -3.53. The van der Waals surface area contributed by atoms with Crippen LogP contribution in [0.1, 0.15) is 35.3 Å². The van der Waals surface area contributed by atoms with E-state index in [1.54, 1.807) is 24.0 Å². The van der Waals surface area contributed by atoms with E-state index in [9.17, 15) is 29.2 Å². The Morgan fingerprint density at radius 1 is 1.15 bits per heavy atom. The standard InChI is InChI=1S/C23H26FN3O6/c1-14-4-9-19(23(29)30)21(27(31)32)22(14)33-13-20(28)26-11-15(2)25(10-16(26)3)12-17-5-7-18(24)8-6-17/h4-9,15-16H,10-13H2,1-3H3,(H,29,30)/t15-,16+/m0/s1.